The Labute approximate surface area is 303 Å². The topological polar surface area (TPSA) is 201 Å². The van der Waals surface area contributed by atoms with E-state index in [1.807, 2.05) is 18.2 Å². The summed E-state index contributed by atoms with van der Waals surface area (Å²) in [6.45, 7) is 0.677. The standard InChI is InChI=1S/C36H40ClNO14/c1-18(39)38-24-14-19(8-13-23(24)37)15-47-35-29(42)27(40)32(25(49-35)16-46-33(44)20-9-11-22(45-2)12-10-20)52-36-30(43)28(41)31-26(50-36)17-48-34(51-31)21-6-4-3-5-7-21/h3-14,25-32,34-36,40-43H,15-17H2,1-2H3,(H,38,39). The number of fused-ring (bicyclic) bond motifs is 1. The van der Waals surface area contributed by atoms with Crippen LogP contribution in [0.5, 0.6) is 5.75 Å². The Morgan fingerprint density at radius 3 is 2.33 bits per heavy atom. The van der Waals surface area contributed by atoms with Crippen molar-refractivity contribution in [3.8, 4) is 5.75 Å². The van der Waals surface area contributed by atoms with E-state index in [9.17, 15) is 30.0 Å². The molecule has 16 heteroatoms. The van der Waals surface area contributed by atoms with Gasteiger partial charge >= 0.3 is 5.97 Å². The van der Waals surface area contributed by atoms with Gasteiger partial charge in [-0.2, -0.15) is 0 Å². The fourth-order valence-corrected chi connectivity index (χ4v) is 6.23. The first kappa shape index (κ1) is 38.0. The van der Waals surface area contributed by atoms with Gasteiger partial charge in [-0.3, -0.25) is 4.79 Å². The van der Waals surface area contributed by atoms with Crippen LogP contribution in [0.3, 0.4) is 0 Å². The highest BCUT2D eigenvalue weighted by Gasteiger charge is 2.53. The molecule has 0 spiro atoms. The van der Waals surface area contributed by atoms with Gasteiger partial charge in [-0.15, -0.1) is 0 Å². The van der Waals surface area contributed by atoms with Crippen molar-refractivity contribution in [3.63, 3.8) is 0 Å². The maximum Gasteiger partial charge on any atom is 0.338 e. The average molecular weight is 746 g/mol. The molecule has 3 fully saturated rings. The van der Waals surface area contributed by atoms with Gasteiger partial charge in [0.25, 0.3) is 0 Å². The van der Waals surface area contributed by atoms with Crippen LogP contribution >= 0.6 is 11.6 Å². The zero-order valence-electron chi connectivity index (χ0n) is 28.1. The minimum absolute atomic E-state index is 0.0205. The molecule has 5 N–H and O–H groups in total. The molecule has 11 unspecified atom stereocenters. The van der Waals surface area contributed by atoms with Crippen molar-refractivity contribution in [2.75, 3.05) is 25.6 Å². The normalized spacial score (nSPS) is 31.6. The van der Waals surface area contributed by atoms with Gasteiger partial charge < -0.3 is 63.6 Å². The summed E-state index contributed by atoms with van der Waals surface area (Å²) in [4.78, 5) is 24.6. The average Bonchev–Trinajstić information content (AvgIpc) is 3.15. The molecule has 3 aliphatic rings. The first-order chi connectivity index (χ1) is 25.0. The molecule has 3 aromatic carbocycles. The van der Waals surface area contributed by atoms with E-state index in [1.54, 1.807) is 42.5 Å². The van der Waals surface area contributed by atoms with Crippen LogP contribution in [0.25, 0.3) is 0 Å². The molecule has 3 heterocycles. The minimum Gasteiger partial charge on any atom is -0.497 e. The van der Waals surface area contributed by atoms with Gasteiger partial charge in [-0.25, -0.2) is 4.79 Å². The monoisotopic (exact) mass is 745 g/mol. The van der Waals surface area contributed by atoms with Crippen LogP contribution in [-0.4, -0.2) is 114 Å². The van der Waals surface area contributed by atoms with E-state index in [0.717, 1.165) is 0 Å². The Morgan fingerprint density at radius 1 is 0.885 bits per heavy atom. The number of hydrogen-bond donors (Lipinski definition) is 5. The second-order valence-electron chi connectivity index (χ2n) is 12.5. The Morgan fingerprint density at radius 2 is 1.62 bits per heavy atom. The van der Waals surface area contributed by atoms with Crippen LogP contribution in [0, 0.1) is 0 Å². The molecule has 3 aliphatic heterocycles. The summed E-state index contributed by atoms with van der Waals surface area (Å²) in [5, 5.41) is 47.6. The third kappa shape index (κ3) is 8.73. The maximum absolute atomic E-state index is 13.0. The number of rotatable bonds is 11. The predicted molar refractivity (Wildman–Crippen MR) is 180 cm³/mol. The molecule has 11 atom stereocenters. The number of aliphatic hydroxyl groups is 4. The van der Waals surface area contributed by atoms with E-state index in [-0.39, 0.29) is 24.7 Å². The smallest absolute Gasteiger partial charge is 0.338 e. The summed E-state index contributed by atoms with van der Waals surface area (Å²) in [6, 6.07) is 20.0. The SMILES string of the molecule is COc1ccc(C(=O)OCC2OC(OCc3ccc(Cl)c(NC(C)=O)c3)C(O)C(O)C2OC2OC3COC(c4ccccc4)OC3C(O)C2O)cc1. The van der Waals surface area contributed by atoms with E-state index >= 15 is 0 Å². The second kappa shape index (κ2) is 17.0. The van der Waals surface area contributed by atoms with E-state index < -0.39 is 80.3 Å². The van der Waals surface area contributed by atoms with Gasteiger partial charge in [0.15, 0.2) is 18.9 Å². The van der Waals surface area contributed by atoms with Crippen LogP contribution in [0.2, 0.25) is 5.02 Å². The quantitative estimate of drug-likeness (QED) is 0.179. The summed E-state index contributed by atoms with van der Waals surface area (Å²) in [5.41, 5.74) is 1.81. The highest BCUT2D eigenvalue weighted by atomic mass is 35.5. The first-order valence-corrected chi connectivity index (χ1v) is 16.9. The number of amides is 1. The molecular formula is C36H40ClNO14. The van der Waals surface area contributed by atoms with Gasteiger partial charge in [0.2, 0.25) is 5.91 Å². The van der Waals surface area contributed by atoms with Gasteiger partial charge in [0.05, 0.1) is 36.6 Å². The van der Waals surface area contributed by atoms with Crippen LogP contribution in [0.15, 0.2) is 72.8 Å². The summed E-state index contributed by atoms with van der Waals surface area (Å²) in [7, 11) is 1.49. The molecule has 0 saturated carbocycles. The number of methoxy groups -OCH3 is 1. The molecule has 0 aromatic heterocycles. The maximum atomic E-state index is 13.0. The van der Waals surface area contributed by atoms with Gasteiger partial charge in [0.1, 0.15) is 61.2 Å². The molecule has 3 saturated heterocycles. The zero-order valence-corrected chi connectivity index (χ0v) is 28.9. The van der Waals surface area contributed by atoms with Gasteiger partial charge in [-0.05, 0) is 42.0 Å². The Bertz CT molecular complexity index is 1660. The lowest BCUT2D eigenvalue weighted by Crippen LogP contribution is -2.66. The van der Waals surface area contributed by atoms with Crippen LogP contribution in [-0.2, 0) is 44.6 Å². The van der Waals surface area contributed by atoms with E-state index in [0.29, 0.717) is 27.6 Å². The van der Waals surface area contributed by atoms with Crippen LogP contribution < -0.4 is 10.1 Å². The molecule has 15 nitrogen and oxygen atoms in total. The van der Waals surface area contributed by atoms with Crippen molar-refractivity contribution in [1.82, 2.24) is 0 Å². The molecule has 0 radical (unpaired) electrons. The number of carbonyl (C=O) groups is 2. The molecule has 0 bridgehead atoms. The molecule has 0 aliphatic carbocycles. The van der Waals surface area contributed by atoms with Crippen molar-refractivity contribution in [2.24, 2.45) is 0 Å². The summed E-state index contributed by atoms with van der Waals surface area (Å²) in [6.07, 6.45) is -15.0. The lowest BCUT2D eigenvalue weighted by molar-refractivity contribution is -0.386. The lowest BCUT2D eigenvalue weighted by atomic mass is 9.96. The number of ether oxygens (including phenoxy) is 8. The summed E-state index contributed by atoms with van der Waals surface area (Å²) < 4.78 is 46.3. The lowest BCUT2D eigenvalue weighted by Gasteiger charge is -2.48. The molecule has 3 aromatic rings. The van der Waals surface area contributed by atoms with Crippen LogP contribution in [0.4, 0.5) is 5.69 Å². The highest BCUT2D eigenvalue weighted by molar-refractivity contribution is 6.33. The second-order valence-corrected chi connectivity index (χ2v) is 12.9. The Kier molecular flexibility index (Phi) is 12.4. The summed E-state index contributed by atoms with van der Waals surface area (Å²) in [5.74, 6) is -0.531. The molecule has 1 amide bonds. The van der Waals surface area contributed by atoms with Crippen LogP contribution in [0.1, 0.15) is 34.7 Å². The van der Waals surface area contributed by atoms with E-state index in [1.165, 1.54) is 26.2 Å². The van der Waals surface area contributed by atoms with E-state index in [4.69, 9.17) is 49.5 Å². The predicted octanol–water partition coefficient (Wildman–Crippen LogP) is 2.07. The third-order valence-electron chi connectivity index (χ3n) is 8.80. The van der Waals surface area contributed by atoms with Crippen molar-refractivity contribution < 1.29 is 67.9 Å². The fraction of sp³-hybridized carbons (Fsp3) is 0.444. The number of nitrogens with one attached hydrogen (secondary N) is 1. The number of halogens is 1. The zero-order chi connectivity index (χ0) is 36.9. The third-order valence-corrected chi connectivity index (χ3v) is 9.13. The highest BCUT2D eigenvalue weighted by Crippen LogP contribution is 2.36. The number of aliphatic hydroxyl groups excluding tert-OH is 4. The van der Waals surface area contributed by atoms with Crippen molar-refractivity contribution in [2.45, 2.75) is 81.2 Å². The van der Waals surface area contributed by atoms with Crippen molar-refractivity contribution in [1.29, 1.82) is 0 Å². The fourth-order valence-electron chi connectivity index (χ4n) is 6.06. The number of anilines is 1. The number of hydrogen-bond acceptors (Lipinski definition) is 14. The number of benzene rings is 3. The largest absolute Gasteiger partial charge is 0.497 e. The molecule has 280 valence electrons. The van der Waals surface area contributed by atoms with E-state index in [2.05, 4.69) is 5.32 Å². The molecular weight excluding hydrogens is 706 g/mol. The van der Waals surface area contributed by atoms with Gasteiger partial charge in [-0.1, -0.05) is 48.0 Å². The van der Waals surface area contributed by atoms with Crippen molar-refractivity contribution in [3.05, 3.63) is 94.5 Å². The Hall–Kier alpha value is -3.71. The Balaban J connectivity index is 1.16. The summed E-state index contributed by atoms with van der Waals surface area (Å²) >= 11 is 6.18. The molecule has 6 rings (SSSR count). The van der Waals surface area contributed by atoms with Crippen molar-refractivity contribution >= 4 is 29.2 Å². The van der Waals surface area contributed by atoms with Gasteiger partial charge in [0, 0.05) is 12.5 Å². The molecule has 52 heavy (non-hydrogen) atoms. The number of esters is 1. The number of carbonyl (C=O) groups excluding carboxylic acids is 2. The first-order valence-electron chi connectivity index (χ1n) is 16.5. The minimum atomic E-state index is -1.73.